The van der Waals surface area contributed by atoms with Crippen molar-refractivity contribution in [3.63, 3.8) is 0 Å². The lowest BCUT2D eigenvalue weighted by molar-refractivity contribution is 0.0603. The summed E-state index contributed by atoms with van der Waals surface area (Å²) in [7, 11) is 3.19. The number of carbonyl (C=O) groups is 1. The molecule has 0 fully saturated rings. The number of methoxy groups -OCH3 is 1. The van der Waals surface area contributed by atoms with Crippen molar-refractivity contribution in [3.8, 4) is 0 Å². The molecule has 4 nitrogen and oxygen atoms in total. The SMILES string of the molecule is CCc1cnc2cc(NC)cc(C(=O)OC)c2c1. The van der Waals surface area contributed by atoms with Gasteiger partial charge < -0.3 is 10.1 Å². The highest BCUT2D eigenvalue weighted by atomic mass is 16.5. The van der Waals surface area contributed by atoms with E-state index in [4.69, 9.17) is 4.74 Å². The standard InChI is InChI=1S/C14H16N2O2/c1-4-9-5-11-12(14(17)18-3)6-10(15-2)7-13(11)16-8-9/h5-8,15H,4H2,1-3H3. The number of aryl methyl sites for hydroxylation is 1. The Balaban J connectivity index is 2.73. The number of aromatic nitrogens is 1. The maximum atomic E-state index is 11.8. The highest BCUT2D eigenvalue weighted by molar-refractivity contribution is 6.05. The average Bonchev–Trinajstić information content (AvgIpc) is 2.44. The Morgan fingerprint density at radius 1 is 1.39 bits per heavy atom. The summed E-state index contributed by atoms with van der Waals surface area (Å²) in [5.41, 5.74) is 3.28. The molecule has 1 N–H and O–H groups in total. The molecule has 94 valence electrons. The number of pyridine rings is 1. The Morgan fingerprint density at radius 3 is 2.78 bits per heavy atom. The molecule has 1 aromatic heterocycles. The van der Waals surface area contributed by atoms with Crippen molar-refractivity contribution >= 4 is 22.6 Å². The molecule has 0 bridgehead atoms. The Morgan fingerprint density at radius 2 is 2.17 bits per heavy atom. The highest BCUT2D eigenvalue weighted by Crippen LogP contribution is 2.24. The van der Waals surface area contributed by atoms with Crippen molar-refractivity contribution in [2.45, 2.75) is 13.3 Å². The van der Waals surface area contributed by atoms with Crippen molar-refractivity contribution in [1.29, 1.82) is 0 Å². The van der Waals surface area contributed by atoms with Crippen LogP contribution in [0, 0.1) is 0 Å². The molecule has 0 unspecified atom stereocenters. The van der Waals surface area contributed by atoms with Gasteiger partial charge in [0.25, 0.3) is 0 Å². The van der Waals surface area contributed by atoms with E-state index in [2.05, 4.69) is 17.2 Å². The van der Waals surface area contributed by atoms with E-state index in [1.54, 1.807) is 6.07 Å². The van der Waals surface area contributed by atoms with Gasteiger partial charge in [-0.2, -0.15) is 0 Å². The molecule has 0 amide bonds. The molecule has 0 saturated carbocycles. The predicted octanol–water partition coefficient (Wildman–Crippen LogP) is 2.63. The van der Waals surface area contributed by atoms with Crippen LogP contribution < -0.4 is 5.32 Å². The van der Waals surface area contributed by atoms with Gasteiger partial charge in [0.05, 0.1) is 18.2 Å². The molecule has 0 aliphatic carbocycles. The lowest BCUT2D eigenvalue weighted by atomic mass is 10.0. The number of nitrogens with one attached hydrogen (secondary N) is 1. The molecule has 0 radical (unpaired) electrons. The van der Waals surface area contributed by atoms with Crippen LogP contribution >= 0.6 is 0 Å². The van der Waals surface area contributed by atoms with E-state index in [1.807, 2.05) is 25.4 Å². The van der Waals surface area contributed by atoms with Crippen LogP contribution in [0.2, 0.25) is 0 Å². The number of hydrogen-bond acceptors (Lipinski definition) is 4. The molecule has 4 heteroatoms. The van der Waals surface area contributed by atoms with Crippen LogP contribution in [-0.2, 0) is 11.2 Å². The van der Waals surface area contributed by atoms with E-state index < -0.39 is 0 Å². The van der Waals surface area contributed by atoms with Crippen LogP contribution in [0.3, 0.4) is 0 Å². The van der Waals surface area contributed by atoms with Crippen molar-refractivity contribution in [1.82, 2.24) is 4.98 Å². The molecule has 1 aromatic carbocycles. The predicted molar refractivity (Wildman–Crippen MR) is 72.0 cm³/mol. The van der Waals surface area contributed by atoms with E-state index in [-0.39, 0.29) is 5.97 Å². The largest absolute Gasteiger partial charge is 0.465 e. The van der Waals surface area contributed by atoms with Crippen LogP contribution in [-0.4, -0.2) is 25.1 Å². The third-order valence-corrected chi connectivity index (χ3v) is 2.96. The molecular weight excluding hydrogens is 228 g/mol. The molecule has 1 heterocycles. The van der Waals surface area contributed by atoms with Crippen molar-refractivity contribution in [2.24, 2.45) is 0 Å². The van der Waals surface area contributed by atoms with Crippen molar-refractivity contribution < 1.29 is 9.53 Å². The Kier molecular flexibility index (Phi) is 3.46. The van der Waals surface area contributed by atoms with Crippen molar-refractivity contribution in [3.05, 3.63) is 35.5 Å². The number of nitrogens with zero attached hydrogens (tertiary/aromatic N) is 1. The first-order valence-electron chi connectivity index (χ1n) is 5.88. The number of ether oxygens (including phenoxy) is 1. The van der Waals surface area contributed by atoms with Gasteiger partial charge in [0.1, 0.15) is 0 Å². The third-order valence-electron chi connectivity index (χ3n) is 2.96. The summed E-state index contributed by atoms with van der Waals surface area (Å²) in [5, 5.41) is 3.85. The first-order valence-corrected chi connectivity index (χ1v) is 5.88. The van der Waals surface area contributed by atoms with Crippen LogP contribution in [0.1, 0.15) is 22.8 Å². The molecule has 0 aliphatic rings. The fourth-order valence-electron chi connectivity index (χ4n) is 1.89. The molecule has 0 atom stereocenters. The van der Waals surface area contributed by atoms with Crippen LogP contribution in [0.15, 0.2) is 24.4 Å². The lowest BCUT2D eigenvalue weighted by Gasteiger charge is -2.09. The lowest BCUT2D eigenvalue weighted by Crippen LogP contribution is -2.04. The molecule has 2 rings (SSSR count). The summed E-state index contributed by atoms with van der Waals surface area (Å²) in [5.74, 6) is -0.341. The fourth-order valence-corrected chi connectivity index (χ4v) is 1.89. The maximum Gasteiger partial charge on any atom is 0.338 e. The summed E-state index contributed by atoms with van der Waals surface area (Å²) in [6.07, 6.45) is 2.72. The van der Waals surface area contributed by atoms with E-state index in [0.717, 1.165) is 28.6 Å². The maximum absolute atomic E-state index is 11.8. The highest BCUT2D eigenvalue weighted by Gasteiger charge is 2.13. The zero-order valence-electron chi connectivity index (χ0n) is 10.8. The summed E-state index contributed by atoms with van der Waals surface area (Å²) in [4.78, 5) is 16.2. The van der Waals surface area contributed by atoms with Gasteiger partial charge in [0.15, 0.2) is 0 Å². The first kappa shape index (κ1) is 12.4. The molecule has 2 aromatic rings. The number of benzene rings is 1. The Hall–Kier alpha value is -2.10. The van der Waals surface area contributed by atoms with E-state index in [1.165, 1.54) is 7.11 Å². The normalized spacial score (nSPS) is 10.4. The van der Waals surface area contributed by atoms with Gasteiger partial charge in [-0.25, -0.2) is 4.79 Å². The molecule has 0 saturated heterocycles. The second-order valence-corrected chi connectivity index (χ2v) is 4.03. The number of fused-ring (bicyclic) bond motifs is 1. The van der Waals surface area contributed by atoms with Gasteiger partial charge in [0.2, 0.25) is 0 Å². The van der Waals surface area contributed by atoms with Crippen LogP contribution in [0.4, 0.5) is 5.69 Å². The zero-order chi connectivity index (χ0) is 13.1. The average molecular weight is 244 g/mol. The molecule has 0 aliphatic heterocycles. The van der Waals surface area contributed by atoms with Gasteiger partial charge in [-0.3, -0.25) is 4.98 Å². The minimum absolute atomic E-state index is 0.341. The smallest absolute Gasteiger partial charge is 0.338 e. The minimum atomic E-state index is -0.341. The van der Waals surface area contributed by atoms with Gasteiger partial charge >= 0.3 is 5.97 Å². The van der Waals surface area contributed by atoms with E-state index >= 15 is 0 Å². The zero-order valence-corrected chi connectivity index (χ0v) is 10.8. The number of anilines is 1. The second-order valence-electron chi connectivity index (χ2n) is 4.03. The summed E-state index contributed by atoms with van der Waals surface area (Å²) < 4.78 is 4.82. The number of hydrogen-bond donors (Lipinski definition) is 1. The van der Waals surface area contributed by atoms with Gasteiger partial charge in [-0.05, 0) is 30.2 Å². The number of carbonyl (C=O) groups excluding carboxylic acids is 1. The Bertz CT molecular complexity index is 594. The third kappa shape index (κ3) is 2.14. The monoisotopic (exact) mass is 244 g/mol. The number of esters is 1. The molecule has 18 heavy (non-hydrogen) atoms. The second kappa shape index (κ2) is 5.04. The van der Waals surface area contributed by atoms with Crippen LogP contribution in [0.25, 0.3) is 10.9 Å². The minimum Gasteiger partial charge on any atom is -0.465 e. The summed E-state index contributed by atoms with van der Waals surface area (Å²) in [6, 6.07) is 5.70. The van der Waals surface area contributed by atoms with Gasteiger partial charge in [-0.1, -0.05) is 6.92 Å². The van der Waals surface area contributed by atoms with Gasteiger partial charge in [0, 0.05) is 24.3 Å². The topological polar surface area (TPSA) is 51.2 Å². The van der Waals surface area contributed by atoms with Crippen molar-refractivity contribution in [2.75, 3.05) is 19.5 Å². The summed E-state index contributed by atoms with van der Waals surface area (Å²) >= 11 is 0. The van der Waals surface area contributed by atoms with E-state index in [0.29, 0.717) is 5.56 Å². The van der Waals surface area contributed by atoms with E-state index in [9.17, 15) is 4.79 Å². The number of rotatable bonds is 3. The fraction of sp³-hybridized carbons (Fsp3) is 0.286. The Labute approximate surface area is 106 Å². The first-order chi connectivity index (χ1) is 8.69. The van der Waals surface area contributed by atoms with Gasteiger partial charge in [-0.15, -0.1) is 0 Å². The molecular formula is C14H16N2O2. The quantitative estimate of drug-likeness (QED) is 0.843. The summed E-state index contributed by atoms with van der Waals surface area (Å²) in [6.45, 7) is 2.06. The van der Waals surface area contributed by atoms with Crippen LogP contribution in [0.5, 0.6) is 0 Å². The molecule has 0 spiro atoms.